The number of aliphatic carboxylic acids is 1. The molecule has 0 aromatic heterocycles. The number of carbonyl (C=O) groups is 1. The van der Waals surface area contributed by atoms with Crippen molar-refractivity contribution in [3.05, 3.63) is 11.3 Å². The largest absolute Gasteiger partial charge is 0.478 e. The molecule has 0 heterocycles. The van der Waals surface area contributed by atoms with Gasteiger partial charge in [0.1, 0.15) is 0 Å². The lowest BCUT2D eigenvalue weighted by Gasteiger charge is -2.10. The fraction of sp³-hybridized carbons (Fsp3) is 0.727. The maximum atomic E-state index is 10.9. The number of hydrogen-bond acceptors (Lipinski definition) is 2. The van der Waals surface area contributed by atoms with Crippen molar-refractivity contribution < 1.29 is 9.90 Å². The summed E-state index contributed by atoms with van der Waals surface area (Å²) in [4.78, 5) is 10.9. The summed E-state index contributed by atoms with van der Waals surface area (Å²) < 4.78 is 0. The highest BCUT2D eigenvalue weighted by atomic mass is 16.4. The van der Waals surface area contributed by atoms with Crippen LogP contribution in [0.2, 0.25) is 0 Å². The first-order valence-corrected chi connectivity index (χ1v) is 5.42. The van der Waals surface area contributed by atoms with E-state index in [1.54, 1.807) is 0 Å². The van der Waals surface area contributed by atoms with Crippen LogP contribution in [0, 0.1) is 0 Å². The van der Waals surface area contributed by atoms with Crippen LogP contribution >= 0.6 is 0 Å². The van der Waals surface area contributed by atoms with Crippen LogP contribution in [0.5, 0.6) is 0 Å². The Morgan fingerprint density at radius 2 is 1.50 bits per heavy atom. The molecule has 1 aliphatic carbocycles. The fourth-order valence-electron chi connectivity index (χ4n) is 1.88. The monoisotopic (exact) mass is 197 g/mol. The first-order chi connectivity index (χ1) is 6.72. The van der Waals surface area contributed by atoms with E-state index in [1.807, 2.05) is 0 Å². The van der Waals surface area contributed by atoms with Gasteiger partial charge < -0.3 is 10.8 Å². The summed E-state index contributed by atoms with van der Waals surface area (Å²) in [5, 5.41) is 8.95. The molecule has 80 valence electrons. The summed E-state index contributed by atoms with van der Waals surface area (Å²) in [5.41, 5.74) is 6.82. The van der Waals surface area contributed by atoms with Crippen LogP contribution in [0.3, 0.4) is 0 Å². The maximum Gasteiger partial charge on any atom is 0.333 e. The zero-order valence-corrected chi connectivity index (χ0v) is 8.59. The second-order valence-electron chi connectivity index (χ2n) is 3.93. The number of nitrogens with two attached hydrogens (primary N) is 1. The minimum Gasteiger partial charge on any atom is -0.478 e. The SMILES string of the molecule is N/C1=C(\C(=O)O)CCCCCCCC1. The zero-order valence-electron chi connectivity index (χ0n) is 8.59. The van der Waals surface area contributed by atoms with Crippen molar-refractivity contribution in [1.82, 2.24) is 0 Å². The van der Waals surface area contributed by atoms with Crippen molar-refractivity contribution in [3.8, 4) is 0 Å². The van der Waals surface area contributed by atoms with E-state index in [0.29, 0.717) is 17.7 Å². The highest BCUT2D eigenvalue weighted by molar-refractivity contribution is 5.87. The predicted octanol–water partition coefficient (Wildman–Crippen LogP) is 2.42. The van der Waals surface area contributed by atoms with E-state index in [1.165, 1.54) is 19.3 Å². The van der Waals surface area contributed by atoms with Crippen molar-refractivity contribution in [1.29, 1.82) is 0 Å². The second kappa shape index (κ2) is 5.68. The summed E-state index contributed by atoms with van der Waals surface area (Å²) in [6.07, 6.45) is 8.17. The molecule has 0 saturated carbocycles. The van der Waals surface area contributed by atoms with Crippen molar-refractivity contribution >= 4 is 5.97 Å². The van der Waals surface area contributed by atoms with Gasteiger partial charge in [-0.2, -0.15) is 0 Å². The third-order valence-electron chi connectivity index (χ3n) is 2.77. The number of allylic oxidation sites excluding steroid dienone is 1. The van der Waals surface area contributed by atoms with Gasteiger partial charge in [-0.05, 0) is 25.7 Å². The summed E-state index contributed by atoms with van der Waals surface area (Å²) in [7, 11) is 0. The Balaban J connectivity index is 2.66. The molecule has 0 aliphatic heterocycles. The zero-order chi connectivity index (χ0) is 10.4. The molecule has 3 heteroatoms. The Labute approximate surface area is 85.0 Å². The summed E-state index contributed by atoms with van der Waals surface area (Å²) in [6.45, 7) is 0. The Morgan fingerprint density at radius 1 is 1.00 bits per heavy atom. The Morgan fingerprint density at radius 3 is 2.07 bits per heavy atom. The quantitative estimate of drug-likeness (QED) is 0.678. The van der Waals surface area contributed by atoms with Gasteiger partial charge in [0.2, 0.25) is 0 Å². The minimum atomic E-state index is -0.830. The van der Waals surface area contributed by atoms with Gasteiger partial charge in [0, 0.05) is 5.70 Å². The molecule has 1 rings (SSSR count). The molecule has 0 radical (unpaired) electrons. The molecular formula is C11H19NO2. The lowest BCUT2D eigenvalue weighted by Crippen LogP contribution is -2.11. The minimum absolute atomic E-state index is 0.451. The Bertz CT molecular complexity index is 233. The average molecular weight is 197 g/mol. The third kappa shape index (κ3) is 3.40. The van der Waals surface area contributed by atoms with E-state index in [2.05, 4.69) is 0 Å². The summed E-state index contributed by atoms with van der Waals surface area (Å²) in [5.74, 6) is -0.830. The molecule has 0 spiro atoms. The van der Waals surface area contributed by atoms with E-state index in [-0.39, 0.29) is 0 Å². The summed E-state index contributed by atoms with van der Waals surface area (Å²) >= 11 is 0. The molecule has 3 N–H and O–H groups in total. The van der Waals surface area contributed by atoms with Crippen molar-refractivity contribution in [2.75, 3.05) is 0 Å². The van der Waals surface area contributed by atoms with Gasteiger partial charge in [-0.15, -0.1) is 0 Å². The Kier molecular flexibility index (Phi) is 4.50. The van der Waals surface area contributed by atoms with Gasteiger partial charge in [0.05, 0.1) is 5.57 Å². The van der Waals surface area contributed by atoms with Gasteiger partial charge in [-0.25, -0.2) is 4.79 Å². The maximum absolute atomic E-state index is 10.9. The number of carboxylic acids is 1. The van der Waals surface area contributed by atoms with E-state index in [0.717, 1.165) is 25.7 Å². The highest BCUT2D eigenvalue weighted by Gasteiger charge is 2.12. The lowest BCUT2D eigenvalue weighted by atomic mass is 9.98. The van der Waals surface area contributed by atoms with Gasteiger partial charge in [-0.1, -0.05) is 25.7 Å². The van der Waals surface area contributed by atoms with E-state index < -0.39 is 5.97 Å². The van der Waals surface area contributed by atoms with Crippen LogP contribution in [0.4, 0.5) is 0 Å². The van der Waals surface area contributed by atoms with Gasteiger partial charge in [-0.3, -0.25) is 0 Å². The van der Waals surface area contributed by atoms with E-state index in [9.17, 15) is 4.79 Å². The molecule has 0 amide bonds. The first kappa shape index (κ1) is 11.1. The molecule has 0 bridgehead atoms. The molecule has 0 fully saturated rings. The number of carboxylic acid groups (broad SMARTS) is 1. The molecule has 0 aromatic rings. The molecule has 0 saturated heterocycles. The molecule has 0 aromatic carbocycles. The summed E-state index contributed by atoms with van der Waals surface area (Å²) in [6, 6.07) is 0. The lowest BCUT2D eigenvalue weighted by molar-refractivity contribution is -0.132. The molecule has 0 atom stereocenters. The second-order valence-corrected chi connectivity index (χ2v) is 3.93. The standard InChI is InChI=1S/C11H19NO2/c12-10-8-6-4-2-1-3-5-7-9(10)11(13)14/h1-8,12H2,(H,13,14)/b10-9-. The number of hydrogen-bond donors (Lipinski definition) is 2. The highest BCUT2D eigenvalue weighted by Crippen LogP contribution is 2.19. The normalized spacial score (nSPS) is 25.7. The van der Waals surface area contributed by atoms with Gasteiger partial charge in [0.15, 0.2) is 0 Å². The van der Waals surface area contributed by atoms with Crippen molar-refractivity contribution in [3.63, 3.8) is 0 Å². The predicted molar refractivity (Wildman–Crippen MR) is 55.8 cm³/mol. The molecular weight excluding hydrogens is 178 g/mol. The van der Waals surface area contributed by atoms with Crippen LogP contribution in [0.25, 0.3) is 0 Å². The van der Waals surface area contributed by atoms with Crippen molar-refractivity contribution in [2.24, 2.45) is 5.73 Å². The van der Waals surface area contributed by atoms with Crippen LogP contribution in [0.1, 0.15) is 51.4 Å². The van der Waals surface area contributed by atoms with Crippen LogP contribution in [0.15, 0.2) is 11.3 Å². The van der Waals surface area contributed by atoms with Gasteiger partial charge in [0.25, 0.3) is 0 Å². The Hall–Kier alpha value is -0.990. The van der Waals surface area contributed by atoms with Crippen LogP contribution in [-0.4, -0.2) is 11.1 Å². The third-order valence-corrected chi connectivity index (χ3v) is 2.77. The van der Waals surface area contributed by atoms with Crippen molar-refractivity contribution in [2.45, 2.75) is 51.4 Å². The topological polar surface area (TPSA) is 63.3 Å². The molecule has 3 nitrogen and oxygen atoms in total. The van der Waals surface area contributed by atoms with Gasteiger partial charge >= 0.3 is 5.97 Å². The van der Waals surface area contributed by atoms with Crippen LogP contribution in [-0.2, 0) is 4.79 Å². The molecule has 14 heavy (non-hydrogen) atoms. The average Bonchev–Trinajstić information content (AvgIpc) is 2.15. The molecule has 0 unspecified atom stereocenters. The molecule has 1 aliphatic rings. The van der Waals surface area contributed by atoms with E-state index in [4.69, 9.17) is 10.8 Å². The van der Waals surface area contributed by atoms with E-state index >= 15 is 0 Å². The number of rotatable bonds is 1. The fourth-order valence-corrected chi connectivity index (χ4v) is 1.88. The smallest absolute Gasteiger partial charge is 0.333 e. The first-order valence-electron chi connectivity index (χ1n) is 5.42. The van der Waals surface area contributed by atoms with Crippen LogP contribution < -0.4 is 5.73 Å².